The quantitative estimate of drug-likeness (QED) is 0.431. The summed E-state index contributed by atoms with van der Waals surface area (Å²) in [6, 6.07) is 0. The van der Waals surface area contributed by atoms with Gasteiger partial charge >= 0.3 is 0 Å². The molecular formula is C14H35N4P. The van der Waals surface area contributed by atoms with E-state index < -0.39 is 0 Å². The first kappa shape index (κ1) is 19.1. The maximum absolute atomic E-state index is 4.56. The van der Waals surface area contributed by atoms with Crippen LogP contribution in [0.1, 0.15) is 41.5 Å². The van der Waals surface area contributed by atoms with Crippen molar-refractivity contribution in [2.75, 3.05) is 45.8 Å². The van der Waals surface area contributed by atoms with Crippen LogP contribution in [0.25, 0.3) is 0 Å². The zero-order valence-corrected chi connectivity index (χ0v) is 15.4. The largest absolute Gasteiger partial charge is 0.308 e. The van der Waals surface area contributed by atoms with Crippen LogP contribution in [0.5, 0.6) is 0 Å². The van der Waals surface area contributed by atoms with Crippen molar-refractivity contribution in [3.05, 3.63) is 0 Å². The zero-order chi connectivity index (χ0) is 14.9. The lowest BCUT2D eigenvalue weighted by Crippen LogP contribution is -2.71. The van der Waals surface area contributed by atoms with Gasteiger partial charge in [-0.05, 0) is 39.3 Å². The summed E-state index contributed by atoms with van der Waals surface area (Å²) in [7, 11) is 1.73. The molecule has 0 radical (unpaired) electrons. The molecule has 0 aliphatic rings. The highest BCUT2D eigenvalue weighted by molar-refractivity contribution is 7.03. The summed E-state index contributed by atoms with van der Waals surface area (Å²) >= 11 is 0. The fraction of sp³-hybridized carbons (Fsp3) is 1.00. The predicted octanol–water partition coefficient (Wildman–Crippen LogP) is 2.46. The van der Waals surface area contributed by atoms with E-state index in [0.29, 0.717) is 0 Å². The van der Waals surface area contributed by atoms with E-state index in [1.54, 1.807) is 9.03 Å². The summed E-state index contributed by atoms with van der Waals surface area (Å²) in [6.45, 7) is 20.7. The first-order valence-corrected chi connectivity index (χ1v) is 8.43. The Kier molecular flexibility index (Phi) is 9.98. The maximum Gasteiger partial charge on any atom is 0.151 e. The van der Waals surface area contributed by atoms with Gasteiger partial charge in [0.25, 0.3) is 0 Å². The third-order valence-corrected chi connectivity index (χ3v) is 4.36. The standard InChI is InChI=1S/C14H35N4P/c1-7-16(8-2)14(13-15-19,17(9-3)10-4)18(11-5)12-6/h7-13H2,1-6,19H3. The Hall–Kier alpha value is 0.110. The smallest absolute Gasteiger partial charge is 0.151 e. The molecule has 0 aromatic rings. The second kappa shape index (κ2) is 9.93. The Morgan fingerprint density at radius 1 is 0.684 bits per heavy atom. The van der Waals surface area contributed by atoms with Crippen LogP contribution in [0.3, 0.4) is 0 Å². The molecule has 1 unspecified atom stereocenters. The summed E-state index contributed by atoms with van der Waals surface area (Å²) in [5.41, 5.74) is 0. The molecule has 0 fully saturated rings. The number of nitrogens with zero attached hydrogens (tertiary/aromatic N) is 4. The molecule has 0 spiro atoms. The number of likely N-dealkylation sites (N-methyl/N-ethyl adjacent to an activating group) is 3. The SMILES string of the molecule is CCN(CC)C(CN=[PH3])(N(CC)CC)N(CC)CC. The molecule has 0 aliphatic carbocycles. The van der Waals surface area contributed by atoms with Crippen LogP contribution in [-0.2, 0) is 0 Å². The van der Waals surface area contributed by atoms with Gasteiger partial charge < -0.3 is 4.74 Å². The van der Waals surface area contributed by atoms with E-state index in [0.717, 1.165) is 45.8 Å². The molecule has 0 aliphatic heterocycles. The van der Waals surface area contributed by atoms with Crippen molar-refractivity contribution < 1.29 is 0 Å². The lowest BCUT2D eigenvalue weighted by Gasteiger charge is -2.55. The van der Waals surface area contributed by atoms with Crippen LogP contribution in [0.2, 0.25) is 0 Å². The molecule has 0 aromatic carbocycles. The zero-order valence-electron chi connectivity index (χ0n) is 13.9. The van der Waals surface area contributed by atoms with Gasteiger partial charge in [0, 0.05) is 0 Å². The lowest BCUT2D eigenvalue weighted by atomic mass is 10.1. The van der Waals surface area contributed by atoms with Crippen LogP contribution in [0, 0.1) is 0 Å². The van der Waals surface area contributed by atoms with E-state index in [9.17, 15) is 0 Å². The Balaban J connectivity index is 5.74. The fourth-order valence-corrected chi connectivity index (χ4v) is 3.54. The van der Waals surface area contributed by atoms with Crippen LogP contribution < -0.4 is 0 Å². The average Bonchev–Trinajstić information content (AvgIpc) is 2.42. The summed E-state index contributed by atoms with van der Waals surface area (Å²) in [6.07, 6.45) is 0. The minimum absolute atomic E-state index is 0.0573. The molecule has 0 N–H and O–H groups in total. The van der Waals surface area contributed by atoms with Gasteiger partial charge in [-0.1, -0.05) is 50.6 Å². The van der Waals surface area contributed by atoms with Crippen molar-refractivity contribution in [2.45, 2.75) is 47.3 Å². The van der Waals surface area contributed by atoms with Crippen LogP contribution in [0.15, 0.2) is 4.74 Å². The third kappa shape index (κ3) is 4.04. The van der Waals surface area contributed by atoms with E-state index in [1.165, 1.54) is 0 Å². The second-order valence-electron chi connectivity index (χ2n) is 4.67. The average molecular weight is 290 g/mol. The van der Waals surface area contributed by atoms with E-state index in [4.69, 9.17) is 0 Å². The summed E-state index contributed by atoms with van der Waals surface area (Å²) in [4.78, 5) is 7.68. The highest BCUT2D eigenvalue weighted by atomic mass is 31.0. The van der Waals surface area contributed by atoms with Crippen molar-refractivity contribution in [1.29, 1.82) is 0 Å². The number of hydrogen-bond donors (Lipinski definition) is 0. The number of hydrogen-bond acceptors (Lipinski definition) is 4. The van der Waals surface area contributed by atoms with Crippen LogP contribution in [0.4, 0.5) is 0 Å². The minimum Gasteiger partial charge on any atom is -0.308 e. The topological polar surface area (TPSA) is 22.1 Å². The van der Waals surface area contributed by atoms with Gasteiger partial charge in [0.1, 0.15) is 0 Å². The van der Waals surface area contributed by atoms with Gasteiger partial charge in [-0.25, -0.2) is 0 Å². The normalized spacial score (nSPS) is 12.9. The van der Waals surface area contributed by atoms with Crippen molar-refractivity contribution in [3.63, 3.8) is 0 Å². The molecule has 0 saturated heterocycles. The first-order valence-electron chi connectivity index (χ1n) is 7.80. The van der Waals surface area contributed by atoms with Gasteiger partial charge in [0.05, 0.1) is 6.54 Å². The Morgan fingerprint density at radius 2 is 0.947 bits per heavy atom. The molecule has 0 bridgehead atoms. The van der Waals surface area contributed by atoms with Crippen molar-refractivity contribution in [3.8, 4) is 0 Å². The molecule has 0 amide bonds. The highest BCUT2D eigenvalue weighted by Crippen LogP contribution is 2.26. The Labute approximate surface area is 122 Å². The molecular weight excluding hydrogens is 255 g/mol. The van der Waals surface area contributed by atoms with Gasteiger partial charge in [0.2, 0.25) is 0 Å². The van der Waals surface area contributed by atoms with Gasteiger partial charge in [-0.3, -0.25) is 14.7 Å². The number of rotatable bonds is 11. The minimum atomic E-state index is -0.0573. The van der Waals surface area contributed by atoms with Gasteiger partial charge in [-0.2, -0.15) is 0 Å². The molecule has 4 nitrogen and oxygen atoms in total. The predicted molar refractivity (Wildman–Crippen MR) is 89.9 cm³/mol. The second-order valence-corrected chi connectivity index (χ2v) is 5.12. The Bertz CT molecular complexity index is 204. The summed E-state index contributed by atoms with van der Waals surface area (Å²) in [5, 5.41) is 0. The van der Waals surface area contributed by atoms with Crippen LogP contribution in [-0.4, -0.2) is 66.3 Å². The Morgan fingerprint density at radius 3 is 1.11 bits per heavy atom. The van der Waals surface area contributed by atoms with Crippen molar-refractivity contribution in [1.82, 2.24) is 14.7 Å². The van der Waals surface area contributed by atoms with Crippen LogP contribution >= 0.6 is 9.03 Å². The van der Waals surface area contributed by atoms with E-state index in [2.05, 4.69) is 61.0 Å². The molecule has 0 saturated carbocycles. The van der Waals surface area contributed by atoms with E-state index in [1.807, 2.05) is 0 Å². The monoisotopic (exact) mass is 290 g/mol. The molecule has 116 valence electrons. The van der Waals surface area contributed by atoms with Crippen molar-refractivity contribution >= 4 is 9.03 Å². The first-order chi connectivity index (χ1) is 9.12. The van der Waals surface area contributed by atoms with Gasteiger partial charge in [0.15, 0.2) is 5.79 Å². The lowest BCUT2D eigenvalue weighted by molar-refractivity contribution is -0.155. The summed E-state index contributed by atoms with van der Waals surface area (Å²) in [5.74, 6) is -0.0573. The fourth-order valence-electron chi connectivity index (χ4n) is 3.24. The summed E-state index contributed by atoms with van der Waals surface area (Å²) < 4.78 is 4.56. The molecule has 1 atom stereocenters. The molecule has 19 heavy (non-hydrogen) atoms. The highest BCUT2D eigenvalue weighted by Gasteiger charge is 2.43. The van der Waals surface area contributed by atoms with Gasteiger partial charge in [-0.15, -0.1) is 0 Å². The van der Waals surface area contributed by atoms with E-state index >= 15 is 0 Å². The third-order valence-electron chi connectivity index (χ3n) is 4.13. The molecule has 0 heterocycles. The molecule has 5 heteroatoms. The van der Waals surface area contributed by atoms with Crippen molar-refractivity contribution in [2.24, 2.45) is 4.74 Å². The molecule has 0 rings (SSSR count). The van der Waals surface area contributed by atoms with E-state index in [-0.39, 0.29) is 5.79 Å². The maximum atomic E-state index is 4.56. The molecule has 0 aromatic heterocycles.